The van der Waals surface area contributed by atoms with Crippen molar-refractivity contribution in [2.45, 2.75) is 38.6 Å². The van der Waals surface area contributed by atoms with E-state index in [4.69, 9.17) is 11.6 Å². The molecule has 1 atom stereocenters. The summed E-state index contributed by atoms with van der Waals surface area (Å²) in [4.78, 5) is 2.46. The first-order chi connectivity index (χ1) is 9.70. The van der Waals surface area contributed by atoms with Crippen LogP contribution in [0.3, 0.4) is 0 Å². The number of anilines is 2. The zero-order valence-corrected chi connectivity index (χ0v) is 12.8. The van der Waals surface area contributed by atoms with Gasteiger partial charge in [0.15, 0.2) is 0 Å². The molecule has 0 aromatic heterocycles. The Balaban J connectivity index is 2.07. The summed E-state index contributed by atoms with van der Waals surface area (Å²) < 4.78 is 0. The fourth-order valence-electron chi connectivity index (χ4n) is 3.06. The molecule has 2 aromatic carbocycles. The number of alkyl halides is 1. The van der Waals surface area contributed by atoms with Crippen LogP contribution in [0.4, 0.5) is 11.4 Å². The SMILES string of the molecule is Cc1cc(N2c3ccccc3CCC2C)ccc1CCl. The van der Waals surface area contributed by atoms with E-state index in [1.807, 2.05) is 0 Å². The van der Waals surface area contributed by atoms with Crippen molar-refractivity contribution in [2.75, 3.05) is 4.90 Å². The van der Waals surface area contributed by atoms with Crippen LogP contribution in [0.15, 0.2) is 42.5 Å². The summed E-state index contributed by atoms with van der Waals surface area (Å²) in [5.74, 6) is 0.582. The molecule has 1 aliphatic heterocycles. The van der Waals surface area contributed by atoms with Crippen molar-refractivity contribution in [3.05, 3.63) is 59.2 Å². The first-order valence-electron chi connectivity index (χ1n) is 7.23. The lowest BCUT2D eigenvalue weighted by Gasteiger charge is -2.37. The summed E-state index contributed by atoms with van der Waals surface area (Å²) in [6.07, 6.45) is 2.37. The summed E-state index contributed by atoms with van der Waals surface area (Å²) >= 11 is 5.97. The molecule has 0 fully saturated rings. The molecule has 0 aliphatic carbocycles. The summed E-state index contributed by atoms with van der Waals surface area (Å²) in [6, 6.07) is 15.9. The van der Waals surface area contributed by atoms with Gasteiger partial charge in [0.05, 0.1) is 0 Å². The third-order valence-electron chi connectivity index (χ3n) is 4.27. The van der Waals surface area contributed by atoms with Gasteiger partial charge in [0.2, 0.25) is 0 Å². The molecular weight excluding hydrogens is 266 g/mol. The van der Waals surface area contributed by atoms with Crippen LogP contribution in [0, 0.1) is 6.92 Å². The molecule has 0 saturated carbocycles. The summed E-state index contributed by atoms with van der Waals surface area (Å²) in [5, 5.41) is 0. The van der Waals surface area contributed by atoms with Crippen LogP contribution in [-0.2, 0) is 12.3 Å². The minimum Gasteiger partial charge on any atom is -0.338 e. The molecule has 0 saturated heterocycles. The molecule has 0 bridgehead atoms. The number of benzene rings is 2. The lowest BCUT2D eigenvalue weighted by molar-refractivity contribution is 0.618. The van der Waals surface area contributed by atoms with Crippen molar-refractivity contribution in [3.8, 4) is 0 Å². The van der Waals surface area contributed by atoms with Crippen molar-refractivity contribution >= 4 is 23.0 Å². The normalized spacial score (nSPS) is 17.9. The van der Waals surface area contributed by atoms with Gasteiger partial charge in [-0.1, -0.05) is 24.3 Å². The van der Waals surface area contributed by atoms with Gasteiger partial charge in [-0.2, -0.15) is 0 Å². The van der Waals surface area contributed by atoms with Gasteiger partial charge >= 0.3 is 0 Å². The Morgan fingerprint density at radius 3 is 2.75 bits per heavy atom. The highest BCUT2D eigenvalue weighted by molar-refractivity contribution is 6.17. The molecule has 1 nitrogen and oxygen atoms in total. The van der Waals surface area contributed by atoms with Gasteiger partial charge in [-0.15, -0.1) is 11.6 Å². The fraction of sp³-hybridized carbons (Fsp3) is 0.333. The number of hydrogen-bond donors (Lipinski definition) is 0. The minimum atomic E-state index is 0.533. The summed E-state index contributed by atoms with van der Waals surface area (Å²) in [5.41, 5.74) is 6.56. The Labute approximate surface area is 126 Å². The van der Waals surface area contributed by atoms with Crippen molar-refractivity contribution in [1.82, 2.24) is 0 Å². The van der Waals surface area contributed by atoms with Crippen molar-refractivity contribution in [3.63, 3.8) is 0 Å². The maximum Gasteiger partial charge on any atom is 0.0476 e. The number of halogens is 1. The van der Waals surface area contributed by atoms with E-state index in [-0.39, 0.29) is 0 Å². The zero-order valence-electron chi connectivity index (χ0n) is 12.1. The maximum atomic E-state index is 5.97. The Bertz CT molecular complexity index is 621. The number of nitrogens with zero attached hydrogens (tertiary/aromatic N) is 1. The lowest BCUT2D eigenvalue weighted by atomic mass is 9.95. The van der Waals surface area contributed by atoms with E-state index in [1.165, 1.54) is 40.9 Å². The molecule has 1 heterocycles. The second-order valence-electron chi connectivity index (χ2n) is 5.63. The fourth-order valence-corrected chi connectivity index (χ4v) is 3.36. The van der Waals surface area contributed by atoms with Gasteiger partial charge in [-0.3, -0.25) is 0 Å². The van der Waals surface area contributed by atoms with E-state index in [0.717, 1.165) is 0 Å². The van der Waals surface area contributed by atoms with Crippen LogP contribution in [0.25, 0.3) is 0 Å². The van der Waals surface area contributed by atoms with Gasteiger partial charge in [0, 0.05) is 23.3 Å². The van der Waals surface area contributed by atoms with E-state index < -0.39 is 0 Å². The molecule has 0 amide bonds. The van der Waals surface area contributed by atoms with E-state index in [1.54, 1.807) is 0 Å². The van der Waals surface area contributed by atoms with E-state index >= 15 is 0 Å². The third-order valence-corrected chi connectivity index (χ3v) is 4.56. The largest absolute Gasteiger partial charge is 0.338 e. The van der Waals surface area contributed by atoms with Crippen molar-refractivity contribution < 1.29 is 0 Å². The zero-order chi connectivity index (χ0) is 14.1. The monoisotopic (exact) mass is 285 g/mol. The first-order valence-corrected chi connectivity index (χ1v) is 7.77. The van der Waals surface area contributed by atoms with Crippen molar-refractivity contribution in [1.29, 1.82) is 0 Å². The molecule has 104 valence electrons. The second-order valence-corrected chi connectivity index (χ2v) is 5.90. The standard InChI is InChI=1S/C18H20ClN/c1-13-11-17(10-9-16(13)12-19)20-14(2)7-8-15-5-3-4-6-18(15)20/h3-6,9-11,14H,7-8,12H2,1-2H3. The molecule has 2 heteroatoms. The van der Waals surface area contributed by atoms with Crippen LogP contribution in [-0.4, -0.2) is 6.04 Å². The number of hydrogen-bond acceptors (Lipinski definition) is 1. The van der Waals surface area contributed by atoms with E-state index in [2.05, 4.69) is 61.2 Å². The van der Waals surface area contributed by atoms with E-state index in [0.29, 0.717) is 11.9 Å². The highest BCUT2D eigenvalue weighted by Gasteiger charge is 2.24. The molecular formula is C18H20ClN. The highest BCUT2D eigenvalue weighted by atomic mass is 35.5. The van der Waals surface area contributed by atoms with Gasteiger partial charge in [0.25, 0.3) is 0 Å². The Morgan fingerprint density at radius 1 is 1.20 bits per heavy atom. The lowest BCUT2D eigenvalue weighted by Crippen LogP contribution is -2.33. The number of rotatable bonds is 2. The number of aryl methyl sites for hydroxylation is 2. The third kappa shape index (κ3) is 2.31. The minimum absolute atomic E-state index is 0.533. The first kappa shape index (κ1) is 13.5. The smallest absolute Gasteiger partial charge is 0.0476 e. The average molecular weight is 286 g/mol. The van der Waals surface area contributed by atoms with Crippen LogP contribution >= 0.6 is 11.6 Å². The maximum absolute atomic E-state index is 5.97. The number of para-hydroxylation sites is 1. The Kier molecular flexibility index (Phi) is 3.71. The molecule has 0 radical (unpaired) electrons. The Hall–Kier alpha value is -1.47. The quantitative estimate of drug-likeness (QED) is 0.685. The molecule has 1 unspecified atom stereocenters. The van der Waals surface area contributed by atoms with Gasteiger partial charge in [-0.25, -0.2) is 0 Å². The Morgan fingerprint density at radius 2 is 2.00 bits per heavy atom. The molecule has 3 rings (SSSR count). The van der Waals surface area contributed by atoms with Crippen LogP contribution in [0.2, 0.25) is 0 Å². The van der Waals surface area contributed by atoms with Crippen LogP contribution in [0.5, 0.6) is 0 Å². The van der Waals surface area contributed by atoms with E-state index in [9.17, 15) is 0 Å². The number of fused-ring (bicyclic) bond motifs is 1. The van der Waals surface area contributed by atoms with Gasteiger partial charge in [-0.05, 0) is 61.6 Å². The second kappa shape index (κ2) is 5.49. The van der Waals surface area contributed by atoms with Gasteiger partial charge in [0.1, 0.15) is 0 Å². The summed E-state index contributed by atoms with van der Waals surface area (Å²) in [7, 11) is 0. The molecule has 20 heavy (non-hydrogen) atoms. The highest BCUT2D eigenvalue weighted by Crippen LogP contribution is 2.37. The average Bonchev–Trinajstić information content (AvgIpc) is 2.47. The van der Waals surface area contributed by atoms with Crippen LogP contribution in [0.1, 0.15) is 30.0 Å². The van der Waals surface area contributed by atoms with Gasteiger partial charge < -0.3 is 4.90 Å². The molecule has 2 aromatic rings. The predicted molar refractivity (Wildman–Crippen MR) is 87.1 cm³/mol. The van der Waals surface area contributed by atoms with Crippen LogP contribution < -0.4 is 4.90 Å². The van der Waals surface area contributed by atoms with Crippen molar-refractivity contribution in [2.24, 2.45) is 0 Å². The molecule has 1 aliphatic rings. The molecule has 0 spiro atoms. The summed E-state index contributed by atoms with van der Waals surface area (Å²) in [6.45, 7) is 4.45. The topological polar surface area (TPSA) is 3.24 Å². The predicted octanol–water partition coefficient (Wildman–Crippen LogP) is 5.21. The molecule has 0 N–H and O–H groups in total.